The Bertz CT molecular complexity index is 2260. The Kier molecular flexibility index (Phi) is 12.4. The summed E-state index contributed by atoms with van der Waals surface area (Å²) >= 11 is 0. The average molecular weight is 837 g/mol. The van der Waals surface area contributed by atoms with Gasteiger partial charge in [-0.15, -0.1) is 0 Å². The number of nitrogens with one attached hydrogen (secondary N) is 2. The maximum atomic E-state index is 14.0. The van der Waals surface area contributed by atoms with Crippen LogP contribution in [0.25, 0.3) is 22.3 Å². The normalized spacial score (nSPS) is 21.6. The Morgan fingerprint density at radius 1 is 0.565 bits per heavy atom. The van der Waals surface area contributed by atoms with Crippen LogP contribution in [0.15, 0.2) is 132 Å². The number of allylic oxidation sites excluding steroid dienone is 2. The first-order chi connectivity index (χ1) is 30.1. The molecule has 2 fully saturated rings. The number of aliphatic imine (C=N–C) groups is 2. The van der Waals surface area contributed by atoms with E-state index in [1.165, 1.54) is 14.2 Å². The monoisotopic (exact) mass is 836 g/mol. The van der Waals surface area contributed by atoms with E-state index in [1.54, 1.807) is 58.3 Å². The van der Waals surface area contributed by atoms with Gasteiger partial charge in [0, 0.05) is 62.6 Å². The quantitative estimate of drug-likeness (QED) is 0.145. The van der Waals surface area contributed by atoms with Crippen molar-refractivity contribution in [3.05, 3.63) is 144 Å². The molecule has 4 aliphatic heterocycles. The van der Waals surface area contributed by atoms with Gasteiger partial charge in [0.25, 0.3) is 11.8 Å². The zero-order valence-electron chi connectivity index (χ0n) is 34.4. The molecule has 14 nitrogen and oxygen atoms in total. The molecule has 4 amide bonds. The third kappa shape index (κ3) is 8.92. The number of β-amino-alcohol motifs (C(OH)–C–C–N with tert-alkyl or cyclic N) is 2. The Hall–Kier alpha value is -6.90. The molecule has 4 aliphatic rings. The maximum Gasteiger partial charge on any atom is 0.407 e. The van der Waals surface area contributed by atoms with E-state index < -0.39 is 48.6 Å². The Labute approximate surface area is 359 Å². The number of hydrogen-bond acceptors (Lipinski definition) is 10. The number of hydrogen-bond donors (Lipinski definition) is 4. The van der Waals surface area contributed by atoms with Gasteiger partial charge in [0.05, 0.1) is 38.5 Å². The van der Waals surface area contributed by atoms with Crippen LogP contribution in [0, 0.1) is 0 Å². The van der Waals surface area contributed by atoms with Gasteiger partial charge in [-0.25, -0.2) is 9.59 Å². The number of carbonyl (C=O) groups is 4. The molecule has 14 heteroatoms. The van der Waals surface area contributed by atoms with E-state index in [1.807, 2.05) is 24.5 Å². The number of benzene rings is 4. The van der Waals surface area contributed by atoms with Crippen molar-refractivity contribution in [3.63, 3.8) is 0 Å². The third-order valence-corrected chi connectivity index (χ3v) is 11.9. The van der Waals surface area contributed by atoms with E-state index in [0.29, 0.717) is 36.8 Å². The molecule has 318 valence electrons. The largest absolute Gasteiger partial charge is 0.453 e. The summed E-state index contributed by atoms with van der Waals surface area (Å²) in [6.45, 7) is 0.251. The first-order valence-corrected chi connectivity index (χ1v) is 20.6. The number of rotatable bonds is 11. The zero-order chi connectivity index (χ0) is 43.3. The minimum atomic E-state index is -0.985. The van der Waals surface area contributed by atoms with E-state index in [0.717, 1.165) is 44.8 Å². The number of likely N-dealkylation sites (tertiary alicyclic amines) is 2. The number of amides is 4. The molecule has 62 heavy (non-hydrogen) atoms. The van der Waals surface area contributed by atoms with Gasteiger partial charge < -0.3 is 40.1 Å². The second-order valence-corrected chi connectivity index (χ2v) is 15.8. The number of carbonyl (C=O) groups excluding carboxylic acids is 4. The fourth-order valence-corrected chi connectivity index (χ4v) is 8.71. The summed E-state index contributed by atoms with van der Waals surface area (Å²) < 4.78 is 9.62. The maximum absolute atomic E-state index is 14.0. The molecule has 8 rings (SSSR count). The Morgan fingerprint density at radius 2 is 0.919 bits per heavy atom. The lowest BCUT2D eigenvalue weighted by Gasteiger charge is -2.29. The fraction of sp³-hybridized carbons (Fsp3) is 0.292. The molecule has 0 spiro atoms. The number of methoxy groups -OCH3 is 2. The predicted octanol–water partition coefficient (Wildman–Crippen LogP) is 5.84. The first-order valence-electron chi connectivity index (χ1n) is 20.6. The van der Waals surface area contributed by atoms with Crippen LogP contribution in [-0.2, 0) is 19.1 Å². The lowest BCUT2D eigenvalue weighted by atomic mass is 9.94. The minimum Gasteiger partial charge on any atom is -0.453 e. The molecule has 4 aromatic rings. The third-order valence-electron chi connectivity index (χ3n) is 11.9. The van der Waals surface area contributed by atoms with Crippen LogP contribution in [-0.4, -0.2) is 107 Å². The van der Waals surface area contributed by atoms with Gasteiger partial charge in [-0.05, 0) is 44.5 Å². The van der Waals surface area contributed by atoms with Gasteiger partial charge in [0.2, 0.25) is 0 Å². The van der Waals surface area contributed by atoms with Crippen LogP contribution < -0.4 is 10.6 Å². The van der Waals surface area contributed by atoms with Crippen molar-refractivity contribution in [2.75, 3.05) is 27.3 Å². The Morgan fingerprint density at radius 3 is 1.27 bits per heavy atom. The molecule has 2 saturated heterocycles. The van der Waals surface area contributed by atoms with Crippen molar-refractivity contribution in [3.8, 4) is 11.1 Å². The number of aliphatic hydroxyl groups is 2. The summed E-state index contributed by atoms with van der Waals surface area (Å²) in [6.07, 6.45) is 2.45. The van der Waals surface area contributed by atoms with Crippen LogP contribution in [0.5, 0.6) is 0 Å². The average Bonchev–Trinajstić information content (AvgIpc) is 4.14. The summed E-state index contributed by atoms with van der Waals surface area (Å²) in [6, 6.07) is 31.5. The van der Waals surface area contributed by atoms with E-state index >= 15 is 0 Å². The smallest absolute Gasteiger partial charge is 0.407 e. The van der Waals surface area contributed by atoms with Crippen molar-refractivity contribution in [1.29, 1.82) is 0 Å². The molecular weight excluding hydrogens is 789 g/mol. The molecule has 4 N–H and O–H groups in total. The van der Waals surface area contributed by atoms with Crippen LogP contribution in [0.3, 0.4) is 0 Å². The molecule has 0 aliphatic carbocycles. The highest BCUT2D eigenvalue weighted by Crippen LogP contribution is 2.35. The summed E-state index contributed by atoms with van der Waals surface area (Å²) in [5, 5.41) is 26.7. The second kappa shape index (κ2) is 18.4. The SMILES string of the molecule is COC(=O)N[C@@H](C(=O)N1C[C@@H](O)C[C@H]1C1=NC=C(c2ccc(-c3ccc(C4=CN=C([C@@H]5C[C@H](O)CN5C(=O)[C@H](NC(=O)OC)c5ccccc5)C4)cc3)cc2)C1)c1ccccc1. The fourth-order valence-electron chi connectivity index (χ4n) is 8.71. The highest BCUT2D eigenvalue weighted by Gasteiger charge is 2.43. The molecule has 4 aromatic carbocycles. The predicted molar refractivity (Wildman–Crippen MR) is 234 cm³/mol. The van der Waals surface area contributed by atoms with E-state index in [9.17, 15) is 29.4 Å². The second-order valence-electron chi connectivity index (χ2n) is 15.8. The van der Waals surface area contributed by atoms with E-state index in [2.05, 4.69) is 59.2 Å². The van der Waals surface area contributed by atoms with Crippen molar-refractivity contribution in [2.24, 2.45) is 9.98 Å². The molecule has 4 heterocycles. The van der Waals surface area contributed by atoms with Gasteiger partial charge in [-0.1, -0.05) is 109 Å². The molecular formula is C48H48N6O8. The van der Waals surface area contributed by atoms with Crippen LogP contribution in [0.2, 0.25) is 0 Å². The number of nitrogens with zero attached hydrogens (tertiary/aromatic N) is 4. The Balaban J connectivity index is 0.889. The lowest BCUT2D eigenvalue weighted by Crippen LogP contribution is -2.47. The minimum absolute atomic E-state index is 0.125. The van der Waals surface area contributed by atoms with Gasteiger partial charge in [0.1, 0.15) is 12.1 Å². The molecule has 0 bridgehead atoms. The molecule has 0 aromatic heterocycles. The van der Waals surface area contributed by atoms with Crippen molar-refractivity contribution < 1.29 is 38.9 Å². The molecule has 0 unspecified atom stereocenters. The van der Waals surface area contributed by atoms with Crippen LogP contribution >= 0.6 is 0 Å². The zero-order valence-corrected chi connectivity index (χ0v) is 34.4. The lowest BCUT2D eigenvalue weighted by molar-refractivity contribution is -0.134. The van der Waals surface area contributed by atoms with Gasteiger partial charge in [0.15, 0.2) is 0 Å². The van der Waals surface area contributed by atoms with E-state index in [4.69, 9.17) is 19.5 Å². The summed E-state index contributed by atoms with van der Waals surface area (Å²) in [5.74, 6) is -0.689. The summed E-state index contributed by atoms with van der Waals surface area (Å²) in [5.41, 5.74) is 8.81. The highest BCUT2D eigenvalue weighted by molar-refractivity contribution is 6.05. The summed E-state index contributed by atoms with van der Waals surface area (Å²) in [4.78, 5) is 65.1. The van der Waals surface area contributed by atoms with Gasteiger partial charge >= 0.3 is 12.2 Å². The molecule has 6 atom stereocenters. The first kappa shape index (κ1) is 41.8. The van der Waals surface area contributed by atoms with Crippen LogP contribution in [0.1, 0.15) is 60.0 Å². The van der Waals surface area contributed by atoms with E-state index in [-0.39, 0.29) is 24.9 Å². The molecule has 0 radical (unpaired) electrons. The standard InChI is InChI=1S/C48H48N6O8/c1-61-47(59)51-43(33-9-5-3-6-10-33)45(57)53-27-37(55)23-41(53)39-21-35(25-49-39)31-17-13-29(14-18-31)30-15-19-32(20-16-30)36-22-40(50-26-36)42-24-38(56)28-54(42)46(58)44(52-48(60)62-2)34-11-7-4-8-12-34/h3-20,25-26,37-38,41-44,55-56H,21-24,27-28H2,1-2H3,(H,51,59)(H,52,60)/t37-,38-,41-,42-,43+,44+/m0/s1. The number of alkyl carbamates (subject to hydrolysis) is 2. The van der Waals surface area contributed by atoms with Gasteiger partial charge in [-0.2, -0.15) is 0 Å². The number of aliphatic hydroxyl groups excluding tert-OH is 2. The van der Waals surface area contributed by atoms with Gasteiger partial charge in [-0.3, -0.25) is 19.6 Å². The topological polar surface area (TPSA) is 182 Å². The molecule has 0 saturated carbocycles. The van der Waals surface area contributed by atoms with Crippen molar-refractivity contribution in [1.82, 2.24) is 20.4 Å². The summed E-state index contributed by atoms with van der Waals surface area (Å²) in [7, 11) is 2.49. The van der Waals surface area contributed by atoms with Crippen LogP contribution in [0.4, 0.5) is 9.59 Å². The highest BCUT2D eigenvalue weighted by atomic mass is 16.5. The van der Waals surface area contributed by atoms with Crippen molar-refractivity contribution in [2.45, 2.75) is 62.1 Å². The van der Waals surface area contributed by atoms with Crippen molar-refractivity contribution >= 4 is 46.6 Å². The number of ether oxygens (including phenoxy) is 2.